The van der Waals surface area contributed by atoms with E-state index in [2.05, 4.69) is 335 Å². The molecule has 0 aromatic carbocycles. The van der Waals surface area contributed by atoms with Gasteiger partial charge in [-0.15, -0.1) is 0 Å². The standard InChI is InChI=1S/C14H23N3O.C12H18N2O2.C11H17N3O.C11H18N2O2.3C11H18N2O.C10H15N3O.C10H17N3.C10H16N2O/c1-14(2,3)12-8-13-17(15-12)9-11(10-18-13)16-6-4-5-7-16;1-11(2,3)9-4-10-14(13-9)5-12(8-16-10)6-15-7-12;1-11(2,3)9-7-8-10(15)13(4)5-6-14(8)12-9;1-10(2,3)8-5-9-13(12-8)6-11(4,14)7-15-9;1-8-6-13-10(14-7-8)5-9(12-13)11(2,3)4;1-8-5-6-14-10-7-9(11(2,3)4)12-13(8)10;1-11(2,3)9-8-10-13(12-9)6-4-5-7-14-10;1-10(2,3)8-6-7-9(14)11-4-5-13(7)12-8;1-10(2,3)8-7-9-11-5-4-6-13(9)12-8;1-10(2,3)9-6-8-7-13-5-4-12(8)11-9/h8,11H,4-7,9-10H2,1-3H3;4H,5-8H2,1-3H3;7H,5-6H2,1-4H3;5,14H,6-7H2,1-4H3;5,8H,6-7H2,1-4H3;7-8H,5-6H2,1-4H3;8H,4-7H2,1-3H3;6H,4-5H2,1-3H3,(H,11,14);7,11H,4-6H2,1-3H3;6H,4-5,7H2,1-3H3. The molecular weight excluding hydrogens is 1850 g/mol. The summed E-state index contributed by atoms with van der Waals surface area (Å²) in [5, 5.41) is 61.6. The average Bonchev–Trinajstić information content (AvgIpc) is 1.60. The van der Waals surface area contributed by atoms with E-state index in [0.29, 0.717) is 55.7 Å². The van der Waals surface area contributed by atoms with Crippen molar-refractivity contribution >= 4 is 17.6 Å². The molecule has 808 valence electrons. The van der Waals surface area contributed by atoms with Crippen molar-refractivity contribution in [3.8, 4) is 35.3 Å². The molecule has 0 radical (unpaired) electrons. The summed E-state index contributed by atoms with van der Waals surface area (Å²) < 4.78 is 64.1. The fraction of sp³-hybridized carbons (Fsp3) is 0.712. The number of amides is 2. The van der Waals surface area contributed by atoms with Crippen LogP contribution in [0.2, 0.25) is 0 Å². The number of nitrogens with one attached hydrogen (secondary N) is 2. The fourth-order valence-electron chi connectivity index (χ4n) is 17.5. The molecule has 3 N–H and O–H groups in total. The summed E-state index contributed by atoms with van der Waals surface area (Å²) in [5.41, 5.74) is 13.7. The number of carbonyl (C=O) groups excluding carboxylic acids is 2. The van der Waals surface area contributed by atoms with Gasteiger partial charge in [-0.25, -0.2) is 32.8 Å². The van der Waals surface area contributed by atoms with E-state index in [-0.39, 0.29) is 71.4 Å². The van der Waals surface area contributed by atoms with Crippen LogP contribution in [0, 0.1) is 11.3 Å². The maximum atomic E-state index is 11.8. The van der Waals surface area contributed by atoms with Gasteiger partial charge in [-0.2, -0.15) is 51.0 Å². The summed E-state index contributed by atoms with van der Waals surface area (Å²) in [6, 6.07) is 21.4. The van der Waals surface area contributed by atoms with Gasteiger partial charge >= 0.3 is 0 Å². The lowest BCUT2D eigenvalue weighted by Crippen LogP contribution is -2.52. The number of nitrogens with zero attached hydrogens (tertiary/aromatic N) is 22. The molecule has 12 aliphatic heterocycles. The van der Waals surface area contributed by atoms with Gasteiger partial charge in [-0.1, -0.05) is 215 Å². The van der Waals surface area contributed by atoms with Crippen LogP contribution in [0.4, 0.5) is 5.82 Å². The lowest BCUT2D eigenvalue weighted by molar-refractivity contribution is -0.153. The third-order valence-electron chi connectivity index (χ3n) is 27.4. The van der Waals surface area contributed by atoms with Crippen LogP contribution >= 0.6 is 0 Å². The number of fused-ring (bicyclic) bond motifs is 10. The van der Waals surface area contributed by atoms with Gasteiger partial charge in [0.1, 0.15) is 42.6 Å². The first kappa shape index (κ1) is 113. The molecule has 2 fully saturated rings. The molecule has 0 saturated carbocycles. The van der Waals surface area contributed by atoms with E-state index < -0.39 is 5.60 Å². The van der Waals surface area contributed by atoms with Crippen molar-refractivity contribution in [2.75, 3.05) is 105 Å². The highest BCUT2D eigenvalue weighted by atomic mass is 16.5. The van der Waals surface area contributed by atoms with Crippen molar-refractivity contribution in [3.63, 3.8) is 0 Å². The quantitative estimate of drug-likeness (QED) is 0.137. The van der Waals surface area contributed by atoms with Crippen LogP contribution in [0.1, 0.15) is 357 Å². The van der Waals surface area contributed by atoms with E-state index in [1.54, 1.807) is 21.2 Å². The van der Waals surface area contributed by atoms with Crippen LogP contribution in [0.25, 0.3) is 0 Å². The second-order valence-corrected chi connectivity index (χ2v) is 52.3. The Labute approximate surface area is 868 Å². The van der Waals surface area contributed by atoms with E-state index in [1.807, 2.05) is 53.3 Å². The van der Waals surface area contributed by atoms with Crippen molar-refractivity contribution in [2.24, 2.45) is 11.3 Å². The highest BCUT2D eigenvalue weighted by Crippen LogP contribution is 2.41. The topological polar surface area (TPSA) is 337 Å². The summed E-state index contributed by atoms with van der Waals surface area (Å²) >= 11 is 0. The predicted octanol–water partition coefficient (Wildman–Crippen LogP) is 17.9. The molecule has 35 heteroatoms. The molecule has 1 spiro atoms. The third-order valence-corrected chi connectivity index (χ3v) is 27.4. The van der Waals surface area contributed by atoms with Crippen LogP contribution in [-0.4, -0.2) is 235 Å². The molecular formula is C111H178N24O11. The molecule has 146 heavy (non-hydrogen) atoms. The zero-order chi connectivity index (χ0) is 107. The normalized spacial score (nSPS) is 20.3. The summed E-state index contributed by atoms with van der Waals surface area (Å²) in [5.74, 6) is 7.19. The van der Waals surface area contributed by atoms with Gasteiger partial charge in [0.05, 0.1) is 172 Å². The van der Waals surface area contributed by atoms with Crippen LogP contribution in [0.3, 0.4) is 0 Å². The van der Waals surface area contributed by atoms with Gasteiger partial charge in [0.2, 0.25) is 35.3 Å². The van der Waals surface area contributed by atoms with Gasteiger partial charge in [-0.05, 0) is 77.2 Å². The lowest BCUT2D eigenvalue weighted by Gasteiger charge is -2.43. The van der Waals surface area contributed by atoms with Crippen molar-refractivity contribution in [3.05, 3.63) is 135 Å². The van der Waals surface area contributed by atoms with Crippen molar-refractivity contribution in [2.45, 2.75) is 404 Å². The first-order valence-electron chi connectivity index (χ1n) is 53.3. The Morgan fingerprint density at radius 1 is 0.349 bits per heavy atom. The Morgan fingerprint density at radius 2 is 0.774 bits per heavy atom. The molecule has 12 aliphatic rings. The zero-order valence-corrected chi connectivity index (χ0v) is 95.1. The number of hydrogen-bond acceptors (Lipinski definition) is 23. The number of anilines is 1. The number of hydrogen-bond donors (Lipinski definition) is 3. The van der Waals surface area contributed by atoms with Gasteiger partial charge < -0.3 is 58.5 Å². The molecule has 4 atom stereocenters. The molecule has 10 aromatic rings. The fourth-order valence-corrected chi connectivity index (χ4v) is 17.5. The number of carbonyl (C=O) groups is 2. The first-order valence-corrected chi connectivity index (χ1v) is 53.3. The molecule has 22 heterocycles. The van der Waals surface area contributed by atoms with Gasteiger partial charge in [0.15, 0.2) is 0 Å². The number of aryl methyl sites for hydroxylation is 2. The molecule has 0 aliphatic carbocycles. The largest absolute Gasteiger partial charge is 0.478 e. The number of aliphatic hydroxyl groups is 1. The third kappa shape index (κ3) is 29.2. The average molecular weight is 2020 g/mol. The molecule has 2 amide bonds. The smallest absolute Gasteiger partial charge is 0.271 e. The Morgan fingerprint density at radius 3 is 1.29 bits per heavy atom. The lowest BCUT2D eigenvalue weighted by atomic mass is 9.86. The maximum absolute atomic E-state index is 11.8. The van der Waals surface area contributed by atoms with E-state index in [9.17, 15) is 14.7 Å². The summed E-state index contributed by atoms with van der Waals surface area (Å²) in [6.07, 6.45) is 7.19. The number of ether oxygens (including phenoxy) is 8. The Balaban J connectivity index is 0.000000136. The summed E-state index contributed by atoms with van der Waals surface area (Å²) in [4.78, 5) is 27.6. The van der Waals surface area contributed by atoms with E-state index in [1.165, 1.54) is 49.6 Å². The number of aromatic nitrogens is 20. The highest BCUT2D eigenvalue weighted by Gasteiger charge is 2.45. The summed E-state index contributed by atoms with van der Waals surface area (Å²) in [7, 11) is 1.83. The Hall–Kier alpha value is -10.5. The van der Waals surface area contributed by atoms with Gasteiger partial charge in [0.25, 0.3) is 11.8 Å². The van der Waals surface area contributed by atoms with Gasteiger partial charge in [0, 0.05) is 149 Å². The van der Waals surface area contributed by atoms with Crippen molar-refractivity contribution < 1.29 is 52.6 Å². The number of likely N-dealkylation sites (tertiary alicyclic amines) is 1. The number of likely N-dealkylation sites (N-methyl/N-ethyl adjacent to an activating group) is 1. The second-order valence-electron chi connectivity index (χ2n) is 52.3. The van der Waals surface area contributed by atoms with Crippen molar-refractivity contribution in [1.29, 1.82) is 0 Å². The minimum atomic E-state index is -0.811. The Kier molecular flexibility index (Phi) is 34.2. The van der Waals surface area contributed by atoms with Crippen molar-refractivity contribution in [1.82, 2.24) is 113 Å². The Bertz CT molecular complexity index is 5830. The number of rotatable bonds is 1. The minimum Gasteiger partial charge on any atom is -0.478 e. The van der Waals surface area contributed by atoms with Gasteiger partial charge in [-0.3, -0.25) is 28.5 Å². The SMILES string of the molecule is CC(C)(C)c1cc2n(n1)CC(N1CCCC1)CO2.CC(C)(C)c1cc2n(n1)CC1(COC1)CO2.CC(C)(C)c1cc2n(n1)CCCCO2.CC(C)(C)c1cc2n(n1)CCCN2.CC(C)(C)c1cc2n(n1)CCNC2=O.CC(C)(C)c1cc2n(n1)CCOC2.CC1(O)COc2cc(C(C)(C)C)nn2C1.CC1CCOc2cc(C(C)(C)C)nn21.CC1COc2cc(C(C)(C)C)nn2C1.CN1CCn2nc(C(C)(C)C)cc2C1=O. The molecule has 4 unspecified atom stereocenters. The monoisotopic (exact) mass is 2020 g/mol. The zero-order valence-electron chi connectivity index (χ0n) is 95.1. The minimum absolute atomic E-state index is 0.00317. The van der Waals surface area contributed by atoms with E-state index in [4.69, 9.17) is 43.0 Å². The highest BCUT2D eigenvalue weighted by molar-refractivity contribution is 5.93. The molecule has 0 bridgehead atoms. The molecule has 2 saturated heterocycles. The van der Waals surface area contributed by atoms with Crippen LogP contribution < -0.4 is 39.1 Å². The van der Waals surface area contributed by atoms with Crippen LogP contribution in [0.15, 0.2) is 60.7 Å². The summed E-state index contributed by atoms with van der Waals surface area (Å²) in [6.45, 7) is 91.2. The molecule has 10 aromatic heterocycles. The molecule has 35 nitrogen and oxygen atoms in total. The second kappa shape index (κ2) is 44.3. The van der Waals surface area contributed by atoms with Crippen LogP contribution in [0.5, 0.6) is 35.3 Å². The molecule has 22 rings (SSSR count). The van der Waals surface area contributed by atoms with E-state index in [0.717, 1.165) is 224 Å². The predicted molar refractivity (Wildman–Crippen MR) is 570 cm³/mol. The van der Waals surface area contributed by atoms with Crippen LogP contribution in [-0.2, 0) is 129 Å². The van der Waals surface area contributed by atoms with E-state index >= 15 is 0 Å². The maximum Gasteiger partial charge on any atom is 0.271 e. The first-order chi connectivity index (χ1) is 67.8.